The second kappa shape index (κ2) is 6.92. The number of amides is 2. The van der Waals surface area contributed by atoms with Gasteiger partial charge in [-0.25, -0.2) is 9.78 Å². The van der Waals surface area contributed by atoms with E-state index in [1.54, 1.807) is 0 Å². The highest BCUT2D eigenvalue weighted by molar-refractivity contribution is 5.95. The molecule has 1 fully saturated rings. The number of benzene rings is 1. The zero-order valence-electron chi connectivity index (χ0n) is 15.4. The van der Waals surface area contributed by atoms with Crippen molar-refractivity contribution in [2.75, 3.05) is 5.32 Å². The molecule has 1 aliphatic carbocycles. The molecule has 2 amide bonds. The Bertz CT molecular complexity index is 1200. The van der Waals surface area contributed by atoms with Gasteiger partial charge in [-0.2, -0.15) is 18.4 Å². The molecule has 152 valence electrons. The number of alkyl halides is 3. The minimum absolute atomic E-state index is 0.0655. The van der Waals surface area contributed by atoms with Crippen LogP contribution in [0.4, 0.5) is 23.7 Å². The van der Waals surface area contributed by atoms with Crippen LogP contribution in [-0.2, 0) is 12.1 Å². The third-order valence-corrected chi connectivity index (χ3v) is 4.92. The van der Waals surface area contributed by atoms with Gasteiger partial charge in [0.1, 0.15) is 0 Å². The summed E-state index contributed by atoms with van der Waals surface area (Å²) in [7, 11) is 0. The van der Waals surface area contributed by atoms with Gasteiger partial charge in [-0.1, -0.05) is 11.8 Å². The molecule has 1 atom stereocenters. The van der Waals surface area contributed by atoms with Gasteiger partial charge in [0.05, 0.1) is 24.5 Å². The number of nitrogens with one attached hydrogen (secondary N) is 2. The molecule has 2 aromatic rings. The first-order valence-corrected chi connectivity index (χ1v) is 9.00. The quantitative estimate of drug-likeness (QED) is 0.739. The van der Waals surface area contributed by atoms with E-state index >= 15 is 0 Å². The van der Waals surface area contributed by atoms with E-state index in [1.807, 2.05) is 11.4 Å². The van der Waals surface area contributed by atoms with Gasteiger partial charge in [-0.05, 0) is 30.5 Å². The molecule has 0 bridgehead atoms. The molecule has 1 aliphatic heterocycles. The second-order valence-corrected chi connectivity index (χ2v) is 7.08. The number of carbonyl (C=O) groups is 1. The number of fused-ring (bicyclic) bond motifs is 1. The maximum atomic E-state index is 14.2. The molecule has 30 heavy (non-hydrogen) atoms. The van der Waals surface area contributed by atoms with Crippen LogP contribution in [-0.4, -0.2) is 21.8 Å². The molecule has 0 radical (unpaired) electrons. The van der Waals surface area contributed by atoms with Crippen LogP contribution in [0.2, 0.25) is 0 Å². The third-order valence-electron chi connectivity index (χ3n) is 4.92. The summed E-state index contributed by atoms with van der Waals surface area (Å²) >= 11 is 0. The lowest BCUT2D eigenvalue weighted by atomic mass is 9.84. The van der Waals surface area contributed by atoms with Gasteiger partial charge in [0.25, 0.3) is 5.56 Å². The van der Waals surface area contributed by atoms with E-state index < -0.39 is 23.3 Å². The number of nitriles is 1. The van der Waals surface area contributed by atoms with Gasteiger partial charge in [-0.15, -0.1) is 0 Å². The minimum Gasteiger partial charge on any atom is -0.310 e. The normalized spacial score (nSPS) is 20.1. The van der Waals surface area contributed by atoms with E-state index in [0.717, 1.165) is 6.07 Å². The molecule has 0 saturated heterocycles. The van der Waals surface area contributed by atoms with E-state index in [-0.39, 0.29) is 34.8 Å². The molecular weight excluding hydrogens is 399 g/mol. The summed E-state index contributed by atoms with van der Waals surface area (Å²) in [6, 6.07) is 4.37. The summed E-state index contributed by atoms with van der Waals surface area (Å²) < 4.78 is 43.7. The Morgan fingerprint density at radius 3 is 2.70 bits per heavy atom. The Balaban J connectivity index is 1.89. The number of hydrogen-bond donors (Lipinski definition) is 2. The van der Waals surface area contributed by atoms with Crippen LogP contribution in [0, 0.1) is 29.1 Å². The lowest BCUT2D eigenvalue weighted by molar-refractivity contribution is -0.178. The average Bonchev–Trinajstić information content (AvgIpc) is 3.51. The fourth-order valence-electron chi connectivity index (χ4n) is 3.20. The highest BCUT2D eigenvalue weighted by Gasteiger charge is 2.59. The molecule has 0 unspecified atom stereocenters. The van der Waals surface area contributed by atoms with Crippen LogP contribution in [0.25, 0.3) is 0 Å². The standard InChI is InChI=1S/C20H14F3N5O2/c21-20(22,23)19(5-3-12-1-2-12)15-7-13(9-24)14(8-16(15)26-18(30)27-19)10-28-11-25-6-4-17(28)29/h4,6-8,11-12H,1-2,10H2,(H2,26,27,30)/t19-/m1/s1. The van der Waals surface area contributed by atoms with Crippen molar-refractivity contribution in [2.24, 2.45) is 5.92 Å². The van der Waals surface area contributed by atoms with E-state index in [0.29, 0.717) is 12.8 Å². The predicted molar refractivity (Wildman–Crippen MR) is 99.1 cm³/mol. The summed E-state index contributed by atoms with van der Waals surface area (Å²) in [5.41, 5.74) is -3.60. The molecule has 1 saturated carbocycles. The smallest absolute Gasteiger partial charge is 0.310 e. The predicted octanol–water partition coefficient (Wildman–Crippen LogP) is 2.47. The topological polar surface area (TPSA) is 99.8 Å². The van der Waals surface area contributed by atoms with E-state index in [1.165, 1.54) is 29.2 Å². The second-order valence-electron chi connectivity index (χ2n) is 7.08. The monoisotopic (exact) mass is 413 g/mol. The molecule has 10 heteroatoms. The Hall–Kier alpha value is -3.79. The first-order valence-electron chi connectivity index (χ1n) is 9.00. The van der Waals surface area contributed by atoms with Crippen LogP contribution in [0.3, 0.4) is 0 Å². The Labute approximate surface area is 168 Å². The molecule has 2 N–H and O–H groups in total. The minimum atomic E-state index is -4.92. The van der Waals surface area contributed by atoms with Crippen molar-refractivity contribution < 1.29 is 18.0 Å². The highest BCUT2D eigenvalue weighted by atomic mass is 19.4. The molecular formula is C20H14F3N5O2. The molecule has 2 aliphatic rings. The Morgan fingerprint density at radius 1 is 1.30 bits per heavy atom. The molecule has 2 heterocycles. The SMILES string of the molecule is N#Cc1cc2c(cc1Cn1cnccc1=O)NC(=O)N[C@@]2(C#CC1CC1)C(F)(F)F. The Kier molecular flexibility index (Phi) is 4.50. The van der Waals surface area contributed by atoms with Crippen LogP contribution in [0.15, 0.2) is 35.5 Å². The van der Waals surface area contributed by atoms with Crippen molar-refractivity contribution >= 4 is 11.7 Å². The maximum Gasteiger partial charge on any atom is 0.427 e. The Morgan fingerprint density at radius 2 is 2.07 bits per heavy atom. The van der Waals surface area contributed by atoms with Crippen molar-refractivity contribution in [3.8, 4) is 17.9 Å². The van der Waals surface area contributed by atoms with Crippen LogP contribution >= 0.6 is 0 Å². The summed E-state index contributed by atoms with van der Waals surface area (Å²) in [4.78, 5) is 27.9. The number of urea groups is 1. The lowest BCUT2D eigenvalue weighted by Gasteiger charge is -2.37. The van der Waals surface area contributed by atoms with Crippen molar-refractivity contribution in [1.82, 2.24) is 14.9 Å². The highest BCUT2D eigenvalue weighted by Crippen LogP contribution is 2.45. The fraction of sp³-hybridized carbons (Fsp3) is 0.300. The van der Waals surface area contributed by atoms with Gasteiger partial charge >= 0.3 is 12.2 Å². The number of carbonyl (C=O) groups excluding carboxylic acids is 1. The zero-order chi connectivity index (χ0) is 21.5. The van der Waals surface area contributed by atoms with Crippen molar-refractivity contribution in [3.63, 3.8) is 0 Å². The van der Waals surface area contributed by atoms with Crippen molar-refractivity contribution in [3.05, 3.63) is 57.8 Å². The number of nitrogens with zero attached hydrogens (tertiary/aromatic N) is 3. The molecule has 4 rings (SSSR count). The van der Waals surface area contributed by atoms with Gasteiger partial charge in [0.15, 0.2) is 0 Å². The molecule has 1 aromatic carbocycles. The molecule has 1 aromatic heterocycles. The summed E-state index contributed by atoms with van der Waals surface area (Å²) in [5.74, 6) is 4.68. The average molecular weight is 413 g/mol. The van der Waals surface area contributed by atoms with E-state index in [4.69, 9.17) is 0 Å². The summed E-state index contributed by atoms with van der Waals surface area (Å²) in [6.45, 7) is -0.0983. The van der Waals surface area contributed by atoms with Crippen LogP contribution in [0.1, 0.15) is 29.5 Å². The van der Waals surface area contributed by atoms with Gasteiger partial charge in [0, 0.05) is 29.4 Å². The molecule has 7 nitrogen and oxygen atoms in total. The first kappa shape index (κ1) is 19.5. The van der Waals surface area contributed by atoms with E-state index in [9.17, 15) is 28.0 Å². The zero-order valence-corrected chi connectivity index (χ0v) is 15.4. The van der Waals surface area contributed by atoms with Crippen molar-refractivity contribution in [2.45, 2.75) is 31.1 Å². The maximum absolute atomic E-state index is 14.2. The van der Waals surface area contributed by atoms with Crippen LogP contribution < -0.4 is 16.2 Å². The van der Waals surface area contributed by atoms with E-state index in [2.05, 4.69) is 22.1 Å². The van der Waals surface area contributed by atoms with Crippen LogP contribution in [0.5, 0.6) is 0 Å². The van der Waals surface area contributed by atoms with Gasteiger partial charge in [0.2, 0.25) is 5.54 Å². The summed E-state index contributed by atoms with van der Waals surface area (Å²) in [5, 5.41) is 13.8. The summed E-state index contributed by atoms with van der Waals surface area (Å²) in [6.07, 6.45) is -0.941. The molecule has 0 spiro atoms. The first-order chi connectivity index (χ1) is 14.2. The third kappa shape index (κ3) is 3.37. The number of rotatable bonds is 2. The van der Waals surface area contributed by atoms with Gasteiger partial charge < -0.3 is 10.6 Å². The number of halogens is 3. The number of hydrogen-bond acceptors (Lipinski definition) is 4. The largest absolute Gasteiger partial charge is 0.427 e. The number of aromatic nitrogens is 2. The lowest BCUT2D eigenvalue weighted by Crippen LogP contribution is -2.59. The van der Waals surface area contributed by atoms with Crippen molar-refractivity contribution in [1.29, 1.82) is 5.26 Å². The number of anilines is 1. The fourth-order valence-corrected chi connectivity index (χ4v) is 3.20. The van der Waals surface area contributed by atoms with Gasteiger partial charge in [-0.3, -0.25) is 9.36 Å².